The molecule has 2 aromatic rings. The van der Waals surface area contributed by atoms with Crippen LogP contribution in [0.5, 0.6) is 0 Å². The monoisotopic (exact) mass is 250 g/mol. The van der Waals surface area contributed by atoms with Crippen LogP contribution in [-0.4, -0.2) is 5.91 Å². The van der Waals surface area contributed by atoms with E-state index in [2.05, 4.69) is 5.32 Å². The topological polar surface area (TPSA) is 55.1 Å². The Labute approximate surface area is 111 Å². The van der Waals surface area contributed by atoms with Crippen LogP contribution < -0.4 is 11.1 Å². The number of carbonyl (C=O) groups is 1. The van der Waals surface area contributed by atoms with Crippen molar-refractivity contribution in [1.82, 2.24) is 0 Å². The number of nitrogens with one attached hydrogen (secondary N) is 1. The molecule has 3 heteroatoms. The van der Waals surface area contributed by atoms with Crippen molar-refractivity contribution in [3.05, 3.63) is 65.2 Å². The normalized spacial score (nSPS) is 12.7. The summed E-state index contributed by atoms with van der Waals surface area (Å²) in [5.41, 5.74) is 10.1. The summed E-state index contributed by atoms with van der Waals surface area (Å²) in [7, 11) is 0. The van der Waals surface area contributed by atoms with Crippen molar-refractivity contribution in [3.63, 3.8) is 0 Å². The predicted octanol–water partition coefficient (Wildman–Crippen LogP) is 2.85. The maximum absolute atomic E-state index is 12.2. The number of fused-ring (bicyclic) bond motifs is 1. The van der Waals surface area contributed by atoms with Crippen molar-refractivity contribution >= 4 is 23.4 Å². The van der Waals surface area contributed by atoms with Gasteiger partial charge in [-0.1, -0.05) is 36.4 Å². The van der Waals surface area contributed by atoms with Crippen LogP contribution in [0.1, 0.15) is 11.1 Å². The van der Waals surface area contributed by atoms with Crippen LogP contribution in [0.4, 0.5) is 11.4 Å². The third-order valence-corrected chi connectivity index (χ3v) is 3.27. The molecule has 0 saturated heterocycles. The number of benzene rings is 2. The Hall–Kier alpha value is -2.55. The highest BCUT2D eigenvalue weighted by atomic mass is 16.1. The van der Waals surface area contributed by atoms with Crippen molar-refractivity contribution in [2.24, 2.45) is 0 Å². The second-order valence-corrected chi connectivity index (χ2v) is 4.59. The standard InChI is InChI=1S/C16H14N2O/c17-14-7-3-4-8-15(14)18-16(19)13-9-11-5-1-2-6-12(11)10-13/h1-9H,10,17H2,(H,18,19). The first-order chi connectivity index (χ1) is 9.24. The summed E-state index contributed by atoms with van der Waals surface area (Å²) in [6.45, 7) is 0. The zero-order chi connectivity index (χ0) is 13.2. The summed E-state index contributed by atoms with van der Waals surface area (Å²) in [4.78, 5) is 12.2. The number of para-hydroxylation sites is 2. The van der Waals surface area contributed by atoms with Gasteiger partial charge in [-0.2, -0.15) is 0 Å². The molecule has 3 N–H and O–H groups in total. The molecule has 0 unspecified atom stereocenters. The van der Waals surface area contributed by atoms with E-state index in [9.17, 15) is 4.79 Å². The van der Waals surface area contributed by atoms with E-state index in [0.717, 1.165) is 11.1 Å². The molecule has 0 heterocycles. The highest BCUT2D eigenvalue weighted by molar-refractivity contribution is 6.09. The van der Waals surface area contributed by atoms with Gasteiger partial charge in [0.2, 0.25) is 0 Å². The highest BCUT2D eigenvalue weighted by Gasteiger charge is 2.18. The Morgan fingerprint density at radius 1 is 1.05 bits per heavy atom. The van der Waals surface area contributed by atoms with Crippen LogP contribution in [0.15, 0.2) is 54.1 Å². The lowest BCUT2D eigenvalue weighted by atomic mass is 10.1. The van der Waals surface area contributed by atoms with Gasteiger partial charge in [0.15, 0.2) is 0 Å². The molecule has 3 rings (SSSR count). The fourth-order valence-corrected chi connectivity index (χ4v) is 2.24. The summed E-state index contributed by atoms with van der Waals surface area (Å²) in [6, 6.07) is 15.3. The Morgan fingerprint density at radius 2 is 1.79 bits per heavy atom. The van der Waals surface area contributed by atoms with Gasteiger partial charge in [-0.25, -0.2) is 0 Å². The Kier molecular flexibility index (Phi) is 2.80. The molecule has 1 aliphatic carbocycles. The van der Waals surface area contributed by atoms with Crippen molar-refractivity contribution < 1.29 is 4.79 Å². The number of nitrogen functional groups attached to an aromatic ring is 1. The quantitative estimate of drug-likeness (QED) is 0.805. The van der Waals surface area contributed by atoms with Gasteiger partial charge < -0.3 is 11.1 Å². The molecule has 0 radical (unpaired) electrons. The van der Waals surface area contributed by atoms with E-state index >= 15 is 0 Å². The Bertz CT molecular complexity index is 674. The Morgan fingerprint density at radius 3 is 2.58 bits per heavy atom. The molecule has 3 nitrogen and oxygen atoms in total. The minimum absolute atomic E-state index is 0.0888. The van der Waals surface area contributed by atoms with Crippen molar-refractivity contribution in [1.29, 1.82) is 0 Å². The fraction of sp³-hybridized carbons (Fsp3) is 0.0625. The molecule has 1 aliphatic rings. The van der Waals surface area contributed by atoms with Crippen LogP contribution in [0.25, 0.3) is 6.08 Å². The molecule has 19 heavy (non-hydrogen) atoms. The Balaban J connectivity index is 1.79. The number of amides is 1. The van der Waals surface area contributed by atoms with Crippen LogP contribution in [0, 0.1) is 0 Å². The molecule has 1 amide bonds. The zero-order valence-electron chi connectivity index (χ0n) is 10.4. The number of anilines is 2. The van der Waals surface area contributed by atoms with Gasteiger partial charge in [0, 0.05) is 12.0 Å². The van der Waals surface area contributed by atoms with E-state index in [1.807, 2.05) is 42.5 Å². The maximum Gasteiger partial charge on any atom is 0.252 e. The van der Waals surface area contributed by atoms with E-state index in [0.29, 0.717) is 17.8 Å². The molecule has 0 bridgehead atoms. The maximum atomic E-state index is 12.2. The summed E-state index contributed by atoms with van der Waals surface area (Å²) >= 11 is 0. The number of rotatable bonds is 2. The highest BCUT2D eigenvalue weighted by Crippen LogP contribution is 2.26. The van der Waals surface area contributed by atoms with Gasteiger partial charge in [-0.3, -0.25) is 4.79 Å². The largest absolute Gasteiger partial charge is 0.397 e. The average molecular weight is 250 g/mol. The summed E-state index contributed by atoms with van der Waals surface area (Å²) < 4.78 is 0. The van der Waals surface area contributed by atoms with Gasteiger partial charge in [-0.15, -0.1) is 0 Å². The van der Waals surface area contributed by atoms with Crippen LogP contribution >= 0.6 is 0 Å². The van der Waals surface area contributed by atoms with Crippen molar-refractivity contribution in [3.8, 4) is 0 Å². The number of hydrogen-bond donors (Lipinski definition) is 2. The van der Waals surface area contributed by atoms with E-state index in [-0.39, 0.29) is 5.91 Å². The van der Waals surface area contributed by atoms with Gasteiger partial charge in [0.1, 0.15) is 0 Å². The number of hydrogen-bond acceptors (Lipinski definition) is 2. The third-order valence-electron chi connectivity index (χ3n) is 3.27. The van der Waals surface area contributed by atoms with Crippen LogP contribution in [-0.2, 0) is 11.2 Å². The summed E-state index contributed by atoms with van der Waals surface area (Å²) in [6.07, 6.45) is 2.61. The first-order valence-electron chi connectivity index (χ1n) is 6.18. The van der Waals surface area contributed by atoms with Crippen molar-refractivity contribution in [2.75, 3.05) is 11.1 Å². The van der Waals surface area contributed by atoms with Gasteiger partial charge in [0.05, 0.1) is 11.4 Å². The predicted molar refractivity (Wildman–Crippen MR) is 77.6 cm³/mol. The molecule has 0 fully saturated rings. The third kappa shape index (κ3) is 2.22. The van der Waals surface area contributed by atoms with E-state index in [1.165, 1.54) is 5.56 Å². The second-order valence-electron chi connectivity index (χ2n) is 4.59. The van der Waals surface area contributed by atoms with Gasteiger partial charge >= 0.3 is 0 Å². The lowest BCUT2D eigenvalue weighted by molar-refractivity contribution is -0.112. The molecule has 94 valence electrons. The molecule has 2 aromatic carbocycles. The molecular formula is C16H14N2O. The smallest absolute Gasteiger partial charge is 0.252 e. The number of carbonyl (C=O) groups excluding carboxylic acids is 1. The minimum atomic E-state index is -0.0888. The lowest BCUT2D eigenvalue weighted by Crippen LogP contribution is -2.15. The number of nitrogens with two attached hydrogens (primary N) is 1. The minimum Gasteiger partial charge on any atom is -0.397 e. The summed E-state index contributed by atoms with van der Waals surface area (Å²) in [5, 5.41) is 2.85. The fourth-order valence-electron chi connectivity index (χ4n) is 2.24. The molecule has 0 aliphatic heterocycles. The zero-order valence-corrected chi connectivity index (χ0v) is 10.4. The first-order valence-corrected chi connectivity index (χ1v) is 6.18. The lowest BCUT2D eigenvalue weighted by Gasteiger charge is -2.08. The molecule has 0 atom stereocenters. The second kappa shape index (κ2) is 4.61. The van der Waals surface area contributed by atoms with Crippen LogP contribution in [0.3, 0.4) is 0 Å². The van der Waals surface area contributed by atoms with Crippen LogP contribution in [0.2, 0.25) is 0 Å². The average Bonchev–Trinajstić information content (AvgIpc) is 2.85. The van der Waals surface area contributed by atoms with Gasteiger partial charge in [-0.05, 0) is 29.3 Å². The van der Waals surface area contributed by atoms with Crippen molar-refractivity contribution in [2.45, 2.75) is 6.42 Å². The first kappa shape index (κ1) is 11.5. The SMILES string of the molecule is Nc1ccccc1NC(=O)C1=Cc2ccccc2C1. The summed E-state index contributed by atoms with van der Waals surface area (Å²) in [5.74, 6) is -0.0888. The van der Waals surface area contributed by atoms with Gasteiger partial charge in [0.25, 0.3) is 5.91 Å². The molecule has 0 spiro atoms. The van der Waals surface area contributed by atoms with E-state index in [4.69, 9.17) is 5.73 Å². The van der Waals surface area contributed by atoms with E-state index in [1.54, 1.807) is 12.1 Å². The molecule has 0 aromatic heterocycles. The molecule has 0 saturated carbocycles. The van der Waals surface area contributed by atoms with E-state index < -0.39 is 0 Å². The molecular weight excluding hydrogens is 236 g/mol.